The molecule has 7 nitrogen and oxygen atoms in total. The number of nitrogens with zero attached hydrogens (tertiary/aromatic N) is 5. The molecular formula is C16H15N5O2. The predicted octanol–water partition coefficient (Wildman–Crippen LogP) is 1.20. The SMILES string of the molecule is CN(CC1Cc2ccccc2O1)C(=O)c1nc2ncccn2n1. The summed E-state index contributed by atoms with van der Waals surface area (Å²) in [6, 6.07) is 9.68. The second kappa shape index (κ2) is 5.35. The van der Waals surface area contributed by atoms with E-state index in [1.165, 1.54) is 10.1 Å². The van der Waals surface area contributed by atoms with E-state index < -0.39 is 0 Å². The molecule has 2 aromatic heterocycles. The van der Waals surface area contributed by atoms with E-state index in [0.29, 0.717) is 12.3 Å². The van der Waals surface area contributed by atoms with Gasteiger partial charge >= 0.3 is 0 Å². The Labute approximate surface area is 132 Å². The maximum absolute atomic E-state index is 12.5. The van der Waals surface area contributed by atoms with Crippen LogP contribution in [0, 0.1) is 0 Å². The number of benzene rings is 1. The van der Waals surface area contributed by atoms with E-state index >= 15 is 0 Å². The Balaban J connectivity index is 1.47. The van der Waals surface area contributed by atoms with E-state index in [-0.39, 0.29) is 17.8 Å². The molecule has 0 fully saturated rings. The summed E-state index contributed by atoms with van der Waals surface area (Å²) in [4.78, 5) is 22.3. The number of rotatable bonds is 3. The van der Waals surface area contributed by atoms with Crippen LogP contribution in [-0.2, 0) is 6.42 Å². The van der Waals surface area contributed by atoms with Gasteiger partial charge in [-0.2, -0.15) is 4.98 Å². The fourth-order valence-corrected chi connectivity index (χ4v) is 2.74. The highest BCUT2D eigenvalue weighted by Gasteiger charge is 2.26. The summed E-state index contributed by atoms with van der Waals surface area (Å²) in [5, 5.41) is 4.16. The molecule has 1 aliphatic heterocycles. The van der Waals surface area contributed by atoms with Crippen LogP contribution >= 0.6 is 0 Å². The van der Waals surface area contributed by atoms with Crippen molar-refractivity contribution in [3.05, 3.63) is 54.1 Å². The van der Waals surface area contributed by atoms with Crippen molar-refractivity contribution in [3.63, 3.8) is 0 Å². The first-order chi connectivity index (χ1) is 11.2. The maximum atomic E-state index is 12.5. The monoisotopic (exact) mass is 309 g/mol. The van der Waals surface area contributed by atoms with E-state index in [9.17, 15) is 4.79 Å². The molecule has 7 heteroatoms. The normalized spacial score (nSPS) is 16.1. The summed E-state index contributed by atoms with van der Waals surface area (Å²) >= 11 is 0. The highest BCUT2D eigenvalue weighted by molar-refractivity contribution is 5.90. The summed E-state index contributed by atoms with van der Waals surface area (Å²) in [7, 11) is 1.73. The van der Waals surface area contributed by atoms with Crippen molar-refractivity contribution in [2.75, 3.05) is 13.6 Å². The summed E-state index contributed by atoms with van der Waals surface area (Å²) in [6.07, 6.45) is 4.08. The zero-order valence-electron chi connectivity index (χ0n) is 12.6. The first kappa shape index (κ1) is 13.7. The molecule has 1 atom stereocenters. The van der Waals surface area contributed by atoms with Gasteiger partial charge in [0.25, 0.3) is 11.7 Å². The molecule has 0 N–H and O–H groups in total. The van der Waals surface area contributed by atoms with Gasteiger partial charge in [0.1, 0.15) is 11.9 Å². The molecule has 23 heavy (non-hydrogen) atoms. The molecule has 4 rings (SSSR count). The van der Waals surface area contributed by atoms with Gasteiger partial charge in [0, 0.05) is 25.9 Å². The third kappa shape index (κ3) is 2.50. The van der Waals surface area contributed by atoms with Crippen LogP contribution in [0.3, 0.4) is 0 Å². The van der Waals surface area contributed by atoms with Crippen LogP contribution in [0.5, 0.6) is 5.75 Å². The number of para-hydroxylation sites is 1. The van der Waals surface area contributed by atoms with Gasteiger partial charge in [0.05, 0.1) is 6.54 Å². The fraction of sp³-hybridized carbons (Fsp3) is 0.250. The van der Waals surface area contributed by atoms with Crippen LogP contribution in [0.15, 0.2) is 42.7 Å². The highest BCUT2D eigenvalue weighted by atomic mass is 16.5. The molecular weight excluding hydrogens is 294 g/mol. The number of likely N-dealkylation sites (N-methyl/N-ethyl adjacent to an activating group) is 1. The van der Waals surface area contributed by atoms with E-state index in [1.54, 1.807) is 30.4 Å². The third-order valence-electron chi connectivity index (χ3n) is 3.85. The Kier molecular flexibility index (Phi) is 3.18. The maximum Gasteiger partial charge on any atom is 0.293 e. The zero-order chi connectivity index (χ0) is 15.8. The zero-order valence-corrected chi connectivity index (χ0v) is 12.6. The first-order valence-electron chi connectivity index (χ1n) is 7.38. The molecule has 0 radical (unpaired) electrons. The minimum Gasteiger partial charge on any atom is -0.488 e. The summed E-state index contributed by atoms with van der Waals surface area (Å²) in [5.74, 6) is 1.21. The second-order valence-electron chi connectivity index (χ2n) is 5.54. The third-order valence-corrected chi connectivity index (χ3v) is 3.85. The van der Waals surface area contributed by atoms with Gasteiger partial charge in [-0.15, -0.1) is 5.10 Å². The van der Waals surface area contributed by atoms with Gasteiger partial charge in [0.2, 0.25) is 5.82 Å². The van der Waals surface area contributed by atoms with Gasteiger partial charge in [-0.05, 0) is 17.7 Å². The Morgan fingerprint density at radius 2 is 2.26 bits per heavy atom. The second-order valence-corrected chi connectivity index (χ2v) is 5.54. The summed E-state index contributed by atoms with van der Waals surface area (Å²) in [6.45, 7) is 0.483. The van der Waals surface area contributed by atoms with Gasteiger partial charge in [-0.25, -0.2) is 9.50 Å². The molecule has 116 valence electrons. The number of aromatic nitrogens is 4. The van der Waals surface area contributed by atoms with Crippen molar-refractivity contribution in [2.45, 2.75) is 12.5 Å². The number of ether oxygens (including phenoxy) is 1. The average molecular weight is 309 g/mol. The minimum atomic E-state index is -0.241. The molecule has 3 heterocycles. The molecule has 0 bridgehead atoms. The van der Waals surface area contributed by atoms with Crippen LogP contribution in [0.1, 0.15) is 16.2 Å². The molecule has 1 aliphatic rings. The van der Waals surface area contributed by atoms with Crippen LogP contribution in [0.25, 0.3) is 5.78 Å². The van der Waals surface area contributed by atoms with E-state index in [0.717, 1.165) is 12.2 Å². The number of hydrogen-bond acceptors (Lipinski definition) is 5. The fourth-order valence-electron chi connectivity index (χ4n) is 2.74. The molecule has 1 unspecified atom stereocenters. The Bertz CT molecular complexity index is 818. The Morgan fingerprint density at radius 1 is 1.39 bits per heavy atom. The van der Waals surface area contributed by atoms with Crippen molar-refractivity contribution in [2.24, 2.45) is 0 Å². The molecule has 0 spiro atoms. The van der Waals surface area contributed by atoms with Gasteiger partial charge in [-0.1, -0.05) is 18.2 Å². The van der Waals surface area contributed by atoms with Gasteiger partial charge in [0.15, 0.2) is 0 Å². The Morgan fingerprint density at radius 3 is 3.09 bits per heavy atom. The van der Waals surface area contributed by atoms with Crippen molar-refractivity contribution < 1.29 is 9.53 Å². The number of amides is 1. The van der Waals surface area contributed by atoms with Gasteiger partial charge < -0.3 is 9.64 Å². The number of fused-ring (bicyclic) bond motifs is 2. The van der Waals surface area contributed by atoms with E-state index in [1.807, 2.05) is 24.3 Å². The lowest BCUT2D eigenvalue weighted by Crippen LogP contribution is -2.36. The largest absolute Gasteiger partial charge is 0.488 e. The minimum absolute atomic E-state index is 0.0449. The standard InChI is InChI=1S/C16H15N5O2/c1-20(10-12-9-11-5-2-3-6-13(11)23-12)15(22)14-18-16-17-7-4-8-21(16)19-14/h2-8,12H,9-10H2,1H3. The number of carbonyl (C=O) groups excluding carboxylic acids is 1. The molecule has 3 aromatic rings. The molecule has 0 saturated carbocycles. The summed E-state index contributed by atoms with van der Waals surface area (Å²) < 4.78 is 7.36. The number of carbonyl (C=O) groups is 1. The van der Waals surface area contributed by atoms with E-state index in [4.69, 9.17) is 4.74 Å². The lowest BCUT2D eigenvalue weighted by molar-refractivity contribution is 0.0719. The van der Waals surface area contributed by atoms with Crippen molar-refractivity contribution in [1.82, 2.24) is 24.5 Å². The van der Waals surface area contributed by atoms with Crippen LogP contribution in [0.4, 0.5) is 0 Å². The average Bonchev–Trinajstić information content (AvgIpc) is 3.16. The lowest BCUT2D eigenvalue weighted by atomic mass is 10.1. The molecule has 0 saturated heterocycles. The summed E-state index contributed by atoms with van der Waals surface area (Å²) in [5.41, 5.74) is 1.17. The smallest absolute Gasteiger partial charge is 0.293 e. The van der Waals surface area contributed by atoms with Crippen LogP contribution in [-0.4, -0.2) is 50.1 Å². The topological polar surface area (TPSA) is 72.6 Å². The number of hydrogen-bond donors (Lipinski definition) is 0. The van der Waals surface area contributed by atoms with Crippen molar-refractivity contribution in [3.8, 4) is 5.75 Å². The predicted molar refractivity (Wildman–Crippen MR) is 82.3 cm³/mol. The molecule has 0 aliphatic carbocycles. The highest BCUT2D eigenvalue weighted by Crippen LogP contribution is 2.28. The molecule has 1 aromatic carbocycles. The van der Waals surface area contributed by atoms with Crippen LogP contribution in [0.2, 0.25) is 0 Å². The molecule has 1 amide bonds. The van der Waals surface area contributed by atoms with Gasteiger partial charge in [-0.3, -0.25) is 4.79 Å². The van der Waals surface area contributed by atoms with Crippen LogP contribution < -0.4 is 4.74 Å². The quantitative estimate of drug-likeness (QED) is 0.727. The van der Waals surface area contributed by atoms with Crippen molar-refractivity contribution >= 4 is 11.7 Å². The van der Waals surface area contributed by atoms with Crippen molar-refractivity contribution in [1.29, 1.82) is 0 Å². The lowest BCUT2D eigenvalue weighted by Gasteiger charge is -2.19. The Hall–Kier alpha value is -2.96. The first-order valence-corrected chi connectivity index (χ1v) is 7.38. The van der Waals surface area contributed by atoms with E-state index in [2.05, 4.69) is 15.1 Å².